The van der Waals surface area contributed by atoms with E-state index in [4.69, 9.17) is 0 Å². The summed E-state index contributed by atoms with van der Waals surface area (Å²) in [5.74, 6) is 0. The third-order valence-corrected chi connectivity index (χ3v) is 5.96. The largest absolute Gasteiger partial charge is 0.385 e. The van der Waals surface area contributed by atoms with Crippen molar-refractivity contribution in [1.29, 1.82) is 0 Å². The maximum absolute atomic E-state index is 4.34. The number of aromatic amines is 2. The predicted molar refractivity (Wildman–Crippen MR) is 136 cm³/mol. The van der Waals surface area contributed by atoms with E-state index in [-0.39, 0.29) is 0 Å². The van der Waals surface area contributed by atoms with Gasteiger partial charge < -0.3 is 20.2 Å². The number of nitrogens with zero attached hydrogens (tertiary/aromatic N) is 1. The molecule has 166 valence electrons. The van der Waals surface area contributed by atoms with E-state index in [9.17, 15) is 0 Å². The van der Waals surface area contributed by atoms with E-state index in [0.717, 1.165) is 52.7 Å². The second-order valence-electron chi connectivity index (χ2n) is 8.47. The van der Waals surface area contributed by atoms with E-state index in [1.54, 1.807) is 0 Å². The molecule has 3 rings (SSSR count). The Morgan fingerprint density at radius 2 is 1.77 bits per heavy atom. The van der Waals surface area contributed by atoms with E-state index < -0.39 is 0 Å². The number of para-hydroxylation sites is 1. The van der Waals surface area contributed by atoms with Gasteiger partial charge in [-0.2, -0.15) is 0 Å². The Hall–Kier alpha value is -2.72. The van der Waals surface area contributed by atoms with Gasteiger partial charge in [0.2, 0.25) is 0 Å². The summed E-state index contributed by atoms with van der Waals surface area (Å²) in [5, 5.41) is 6.83. The summed E-state index contributed by atoms with van der Waals surface area (Å²) >= 11 is 0. The number of nitrogens with one attached hydrogen (secondary N) is 3. The van der Waals surface area contributed by atoms with Crippen LogP contribution in [0.15, 0.2) is 30.8 Å². The van der Waals surface area contributed by atoms with Gasteiger partial charge in [0.25, 0.3) is 0 Å². The Morgan fingerprint density at radius 1 is 1.06 bits per heavy atom. The summed E-state index contributed by atoms with van der Waals surface area (Å²) in [6.45, 7) is 21.8. The van der Waals surface area contributed by atoms with Crippen LogP contribution in [0.5, 0.6) is 0 Å². The molecule has 3 N–H and O–H groups in total. The molecule has 2 aromatic heterocycles. The Bertz CT molecular complexity index is 1130. The average Bonchev–Trinajstić information content (AvgIpc) is 3.21. The third kappa shape index (κ3) is 5.31. The van der Waals surface area contributed by atoms with Crippen molar-refractivity contribution in [1.82, 2.24) is 20.2 Å². The molecule has 0 unspecified atom stereocenters. The van der Waals surface area contributed by atoms with Crippen LogP contribution in [0, 0.1) is 13.8 Å². The Labute approximate surface area is 186 Å². The first-order valence-electron chi connectivity index (χ1n) is 11.6. The fourth-order valence-electron chi connectivity index (χ4n) is 4.50. The lowest BCUT2D eigenvalue weighted by Crippen LogP contribution is -2.28. The van der Waals surface area contributed by atoms with Gasteiger partial charge in [0, 0.05) is 50.7 Å². The molecule has 0 saturated heterocycles. The number of H-pyrrole nitrogens is 2. The van der Waals surface area contributed by atoms with Crippen LogP contribution >= 0.6 is 0 Å². The summed E-state index contributed by atoms with van der Waals surface area (Å²) in [5.41, 5.74) is 6.78. The molecule has 0 aliphatic rings. The van der Waals surface area contributed by atoms with Crippen LogP contribution in [0.25, 0.3) is 29.3 Å². The van der Waals surface area contributed by atoms with Gasteiger partial charge in [-0.05, 0) is 70.5 Å². The summed E-state index contributed by atoms with van der Waals surface area (Å²) in [7, 11) is 0. The Balaban J connectivity index is 1.73. The molecule has 0 aliphatic carbocycles. The van der Waals surface area contributed by atoms with Gasteiger partial charge in [0.1, 0.15) is 0 Å². The van der Waals surface area contributed by atoms with Crippen molar-refractivity contribution in [3.63, 3.8) is 0 Å². The van der Waals surface area contributed by atoms with E-state index in [1.165, 1.54) is 42.4 Å². The van der Waals surface area contributed by atoms with E-state index in [1.807, 2.05) is 6.07 Å². The minimum Gasteiger partial charge on any atom is -0.385 e. The van der Waals surface area contributed by atoms with Crippen LogP contribution in [-0.2, 0) is 0 Å². The number of rotatable bonds is 11. The van der Waals surface area contributed by atoms with Gasteiger partial charge in [-0.15, -0.1) is 0 Å². The lowest BCUT2D eigenvalue weighted by Gasteiger charge is -2.21. The first-order valence-corrected chi connectivity index (χ1v) is 11.6. The lowest BCUT2D eigenvalue weighted by atomic mass is 10.1. The number of aromatic nitrogens is 2. The molecule has 31 heavy (non-hydrogen) atoms. The SMILES string of the molecule is C=C(NCCCN(CCC)CCC)c1c(C)[nH]c(/C=c2\c(=C)[nH]c3ccccc23)c1C. The number of fused-ring (bicyclic) bond motifs is 1. The van der Waals surface area contributed by atoms with Crippen LogP contribution in [0.1, 0.15) is 55.6 Å². The molecule has 2 heterocycles. The van der Waals surface area contributed by atoms with Crippen LogP contribution in [-0.4, -0.2) is 41.0 Å². The van der Waals surface area contributed by atoms with Gasteiger partial charge in [0.15, 0.2) is 0 Å². The quantitative estimate of drug-likeness (QED) is 0.404. The van der Waals surface area contributed by atoms with Crippen LogP contribution in [0.2, 0.25) is 0 Å². The van der Waals surface area contributed by atoms with E-state index >= 15 is 0 Å². The summed E-state index contributed by atoms with van der Waals surface area (Å²) in [6.07, 6.45) is 5.76. The zero-order chi connectivity index (χ0) is 22.4. The normalized spacial score (nSPS) is 12.2. The fraction of sp³-hybridized carbons (Fsp3) is 0.407. The van der Waals surface area contributed by atoms with Gasteiger partial charge in [0.05, 0.1) is 0 Å². The van der Waals surface area contributed by atoms with Crippen molar-refractivity contribution in [2.24, 2.45) is 0 Å². The van der Waals surface area contributed by atoms with Crippen LogP contribution in [0.3, 0.4) is 0 Å². The zero-order valence-corrected chi connectivity index (χ0v) is 19.7. The number of benzene rings is 1. The molecule has 3 aromatic rings. The molecule has 1 aromatic carbocycles. The standard InChI is InChI=1S/C27H38N4/c1-7-15-31(16-8-2)17-11-14-28-21(5)27-19(3)26(30-22(27)6)18-24-20(4)29-25-13-10-9-12-23(24)25/h9-10,12-13,18,28-30H,4-5,7-8,11,14-17H2,1-3,6H3/b24-18+. The fourth-order valence-corrected chi connectivity index (χ4v) is 4.50. The molecular formula is C27H38N4. The van der Waals surface area contributed by atoms with Gasteiger partial charge in [-0.1, -0.05) is 45.2 Å². The van der Waals surface area contributed by atoms with Crippen LogP contribution in [0.4, 0.5) is 0 Å². The van der Waals surface area contributed by atoms with Crippen molar-refractivity contribution in [3.05, 3.63) is 63.9 Å². The minimum atomic E-state index is 0.940. The second kappa shape index (κ2) is 10.5. The van der Waals surface area contributed by atoms with Crippen molar-refractivity contribution in [2.45, 2.75) is 47.0 Å². The van der Waals surface area contributed by atoms with Crippen LogP contribution < -0.4 is 15.9 Å². The van der Waals surface area contributed by atoms with Crippen molar-refractivity contribution < 1.29 is 0 Å². The Kier molecular flexibility index (Phi) is 7.80. The Morgan fingerprint density at radius 3 is 2.48 bits per heavy atom. The molecule has 0 spiro atoms. The summed E-state index contributed by atoms with van der Waals surface area (Å²) in [6, 6.07) is 8.34. The third-order valence-electron chi connectivity index (χ3n) is 5.96. The number of hydrogen-bond donors (Lipinski definition) is 3. The van der Waals surface area contributed by atoms with Gasteiger partial charge >= 0.3 is 0 Å². The molecule has 0 radical (unpaired) electrons. The highest BCUT2D eigenvalue weighted by molar-refractivity contribution is 5.82. The van der Waals surface area contributed by atoms with Crippen molar-refractivity contribution in [2.75, 3.05) is 26.2 Å². The second-order valence-corrected chi connectivity index (χ2v) is 8.47. The van der Waals surface area contributed by atoms with Gasteiger partial charge in [-0.25, -0.2) is 0 Å². The molecule has 4 heteroatoms. The number of aryl methyl sites for hydroxylation is 1. The summed E-state index contributed by atoms with van der Waals surface area (Å²) in [4.78, 5) is 9.50. The number of hydrogen-bond acceptors (Lipinski definition) is 2. The molecule has 0 bridgehead atoms. The zero-order valence-electron chi connectivity index (χ0n) is 19.7. The van der Waals surface area contributed by atoms with E-state index in [2.05, 4.69) is 85.3 Å². The minimum absolute atomic E-state index is 0.940. The molecular weight excluding hydrogens is 380 g/mol. The first kappa shape index (κ1) is 23.0. The molecule has 4 nitrogen and oxygen atoms in total. The average molecular weight is 419 g/mol. The predicted octanol–water partition coefficient (Wildman–Crippen LogP) is 4.42. The molecule has 0 saturated carbocycles. The summed E-state index contributed by atoms with van der Waals surface area (Å²) < 4.78 is 0. The molecule has 0 amide bonds. The maximum atomic E-state index is 4.34. The van der Waals surface area contributed by atoms with Crippen molar-refractivity contribution in [3.8, 4) is 0 Å². The highest BCUT2D eigenvalue weighted by Crippen LogP contribution is 2.23. The van der Waals surface area contributed by atoms with E-state index in [0.29, 0.717) is 0 Å². The monoisotopic (exact) mass is 418 g/mol. The molecule has 0 aliphatic heterocycles. The molecule has 0 atom stereocenters. The molecule has 0 fully saturated rings. The highest BCUT2D eigenvalue weighted by Gasteiger charge is 2.13. The van der Waals surface area contributed by atoms with Gasteiger partial charge in [-0.3, -0.25) is 0 Å². The maximum Gasteiger partial charge on any atom is 0.0464 e. The topological polar surface area (TPSA) is 46.8 Å². The first-order chi connectivity index (χ1) is 15.0. The lowest BCUT2D eigenvalue weighted by molar-refractivity contribution is 0.271. The van der Waals surface area contributed by atoms with Crippen molar-refractivity contribution >= 4 is 29.3 Å². The smallest absolute Gasteiger partial charge is 0.0464 e. The highest BCUT2D eigenvalue weighted by atomic mass is 15.1.